The number of halogens is 3. The van der Waals surface area contributed by atoms with Crippen molar-refractivity contribution in [3.63, 3.8) is 0 Å². The summed E-state index contributed by atoms with van der Waals surface area (Å²) in [5.41, 5.74) is 0.252. The van der Waals surface area contributed by atoms with Gasteiger partial charge < -0.3 is 5.32 Å². The second-order valence-corrected chi connectivity index (χ2v) is 3.42. The predicted molar refractivity (Wildman–Crippen MR) is 54.4 cm³/mol. The first-order valence-electron chi connectivity index (χ1n) is 4.79. The van der Waals surface area contributed by atoms with Crippen LogP contribution in [0.4, 0.5) is 13.2 Å². The van der Waals surface area contributed by atoms with Gasteiger partial charge in [-0.3, -0.25) is 9.59 Å². The van der Waals surface area contributed by atoms with Crippen LogP contribution in [0.5, 0.6) is 0 Å². The number of amides is 1. The Bertz CT molecular complexity index is 414. The van der Waals surface area contributed by atoms with Gasteiger partial charge in [0, 0.05) is 5.56 Å². The lowest BCUT2D eigenvalue weighted by Crippen LogP contribution is -2.45. The van der Waals surface area contributed by atoms with Gasteiger partial charge in [-0.1, -0.05) is 30.3 Å². The first kappa shape index (κ1) is 13.2. The Balaban J connectivity index is 2.69. The van der Waals surface area contributed by atoms with Crippen molar-refractivity contribution in [2.45, 2.75) is 19.1 Å². The van der Waals surface area contributed by atoms with E-state index in [9.17, 15) is 22.8 Å². The van der Waals surface area contributed by atoms with Crippen LogP contribution in [0, 0.1) is 0 Å². The Morgan fingerprint density at radius 2 is 1.71 bits per heavy atom. The molecule has 0 saturated heterocycles. The molecule has 0 saturated carbocycles. The van der Waals surface area contributed by atoms with Gasteiger partial charge >= 0.3 is 12.1 Å². The topological polar surface area (TPSA) is 46.2 Å². The number of alkyl halides is 3. The van der Waals surface area contributed by atoms with Crippen molar-refractivity contribution in [3.8, 4) is 0 Å². The Morgan fingerprint density at radius 1 is 1.18 bits per heavy atom. The number of hydrogen-bond donors (Lipinski definition) is 1. The first-order valence-corrected chi connectivity index (χ1v) is 4.79. The fourth-order valence-corrected chi connectivity index (χ4v) is 1.20. The van der Waals surface area contributed by atoms with Gasteiger partial charge in [-0.25, -0.2) is 0 Å². The van der Waals surface area contributed by atoms with Crippen LogP contribution in [0.15, 0.2) is 30.3 Å². The molecule has 3 nitrogen and oxygen atoms in total. The van der Waals surface area contributed by atoms with E-state index in [0.717, 1.165) is 0 Å². The molecular weight excluding hydrogens is 235 g/mol. The van der Waals surface area contributed by atoms with Crippen molar-refractivity contribution in [1.29, 1.82) is 0 Å². The zero-order valence-electron chi connectivity index (χ0n) is 8.91. The van der Waals surface area contributed by atoms with Crippen LogP contribution in [0.2, 0.25) is 0 Å². The zero-order valence-corrected chi connectivity index (χ0v) is 8.91. The van der Waals surface area contributed by atoms with E-state index in [1.54, 1.807) is 23.5 Å². The zero-order chi connectivity index (χ0) is 13.1. The van der Waals surface area contributed by atoms with Gasteiger partial charge in [-0.15, -0.1) is 0 Å². The molecule has 0 bridgehead atoms. The molecule has 1 aromatic rings. The van der Waals surface area contributed by atoms with Crippen molar-refractivity contribution in [2.75, 3.05) is 0 Å². The molecule has 17 heavy (non-hydrogen) atoms. The van der Waals surface area contributed by atoms with Crippen molar-refractivity contribution in [3.05, 3.63) is 35.9 Å². The van der Waals surface area contributed by atoms with E-state index >= 15 is 0 Å². The van der Waals surface area contributed by atoms with Gasteiger partial charge in [0.1, 0.15) is 0 Å². The predicted octanol–water partition coefficient (Wildman–Crippen LogP) is 1.94. The SMILES string of the molecule is C[C@H](NC(=O)C(F)(F)F)C(=O)c1ccccc1. The smallest absolute Gasteiger partial charge is 0.338 e. The summed E-state index contributed by atoms with van der Waals surface area (Å²) in [5, 5.41) is 1.60. The molecule has 0 spiro atoms. The summed E-state index contributed by atoms with van der Waals surface area (Å²) >= 11 is 0. The molecule has 0 aliphatic carbocycles. The van der Waals surface area contributed by atoms with Crippen molar-refractivity contribution in [2.24, 2.45) is 0 Å². The number of nitrogens with one attached hydrogen (secondary N) is 1. The highest BCUT2D eigenvalue weighted by atomic mass is 19.4. The Hall–Kier alpha value is -1.85. The molecular formula is C11H10F3NO2. The lowest BCUT2D eigenvalue weighted by Gasteiger charge is -2.14. The maximum absolute atomic E-state index is 12.0. The third-order valence-electron chi connectivity index (χ3n) is 2.06. The molecule has 1 aromatic carbocycles. The van der Waals surface area contributed by atoms with Gasteiger partial charge in [0.05, 0.1) is 6.04 Å². The van der Waals surface area contributed by atoms with E-state index in [0.29, 0.717) is 0 Å². The minimum Gasteiger partial charge on any atom is -0.338 e. The summed E-state index contributed by atoms with van der Waals surface area (Å²) in [5.74, 6) is -2.68. The minimum absolute atomic E-state index is 0.252. The van der Waals surface area contributed by atoms with E-state index < -0.39 is 23.9 Å². The van der Waals surface area contributed by atoms with Crippen LogP contribution in [0.1, 0.15) is 17.3 Å². The quantitative estimate of drug-likeness (QED) is 0.827. The first-order chi connectivity index (χ1) is 7.82. The normalized spacial score (nSPS) is 12.9. The average molecular weight is 245 g/mol. The molecule has 1 atom stereocenters. The molecule has 1 rings (SSSR count). The molecule has 0 fully saturated rings. The van der Waals surface area contributed by atoms with E-state index in [1.165, 1.54) is 19.1 Å². The van der Waals surface area contributed by atoms with Crippen LogP contribution < -0.4 is 5.32 Å². The van der Waals surface area contributed by atoms with Crippen LogP contribution in [-0.4, -0.2) is 23.9 Å². The molecule has 6 heteroatoms. The van der Waals surface area contributed by atoms with E-state index in [1.807, 2.05) is 0 Å². The fourth-order valence-electron chi connectivity index (χ4n) is 1.20. The lowest BCUT2D eigenvalue weighted by atomic mass is 10.1. The van der Waals surface area contributed by atoms with Crippen LogP contribution in [0.3, 0.4) is 0 Å². The van der Waals surface area contributed by atoms with Crippen molar-refractivity contribution in [1.82, 2.24) is 5.32 Å². The van der Waals surface area contributed by atoms with Crippen LogP contribution in [-0.2, 0) is 4.79 Å². The Kier molecular flexibility index (Phi) is 3.88. The van der Waals surface area contributed by atoms with Gasteiger partial charge in [0.15, 0.2) is 5.78 Å². The van der Waals surface area contributed by atoms with Crippen LogP contribution in [0.25, 0.3) is 0 Å². The van der Waals surface area contributed by atoms with E-state index in [2.05, 4.69) is 0 Å². The number of carbonyl (C=O) groups is 2. The lowest BCUT2D eigenvalue weighted by molar-refractivity contribution is -0.173. The summed E-state index contributed by atoms with van der Waals surface area (Å²) in [6.07, 6.45) is -4.98. The van der Waals surface area contributed by atoms with Gasteiger partial charge in [0.2, 0.25) is 0 Å². The maximum Gasteiger partial charge on any atom is 0.471 e. The molecule has 0 aromatic heterocycles. The van der Waals surface area contributed by atoms with E-state index in [-0.39, 0.29) is 5.56 Å². The Morgan fingerprint density at radius 3 is 2.18 bits per heavy atom. The highest BCUT2D eigenvalue weighted by molar-refractivity contribution is 6.02. The van der Waals surface area contributed by atoms with Gasteiger partial charge in [0.25, 0.3) is 0 Å². The molecule has 1 amide bonds. The summed E-state index contributed by atoms with van der Waals surface area (Å²) in [6, 6.07) is 6.58. The standard InChI is InChI=1S/C11H10F3NO2/c1-7(15-10(17)11(12,13)14)9(16)8-5-3-2-4-6-8/h2-7H,1H3,(H,15,17)/t7-/m0/s1. The Labute approximate surface area is 95.6 Å². The summed E-state index contributed by atoms with van der Waals surface area (Å²) in [7, 11) is 0. The largest absolute Gasteiger partial charge is 0.471 e. The fraction of sp³-hybridized carbons (Fsp3) is 0.273. The molecule has 92 valence electrons. The molecule has 0 unspecified atom stereocenters. The molecule has 0 radical (unpaired) electrons. The van der Waals surface area contributed by atoms with E-state index in [4.69, 9.17) is 0 Å². The molecule has 0 heterocycles. The minimum atomic E-state index is -4.98. The summed E-state index contributed by atoms with van der Waals surface area (Å²) < 4.78 is 35.9. The second-order valence-electron chi connectivity index (χ2n) is 3.42. The van der Waals surface area contributed by atoms with Crippen molar-refractivity contribution >= 4 is 11.7 Å². The van der Waals surface area contributed by atoms with Crippen LogP contribution >= 0.6 is 0 Å². The number of rotatable bonds is 3. The number of carbonyl (C=O) groups excluding carboxylic acids is 2. The number of Topliss-reactive ketones (excluding diaryl/α,β-unsaturated/α-hetero) is 1. The highest BCUT2D eigenvalue weighted by Crippen LogP contribution is 2.15. The molecule has 1 N–H and O–H groups in total. The highest BCUT2D eigenvalue weighted by Gasteiger charge is 2.39. The maximum atomic E-state index is 12.0. The third kappa shape index (κ3) is 3.58. The number of ketones is 1. The molecule has 0 aliphatic heterocycles. The monoisotopic (exact) mass is 245 g/mol. The van der Waals surface area contributed by atoms with Crippen molar-refractivity contribution < 1.29 is 22.8 Å². The summed E-state index contributed by atoms with van der Waals surface area (Å²) in [4.78, 5) is 22.2. The average Bonchev–Trinajstić information content (AvgIpc) is 2.27. The summed E-state index contributed by atoms with van der Waals surface area (Å²) in [6.45, 7) is 1.21. The third-order valence-corrected chi connectivity index (χ3v) is 2.06. The number of hydrogen-bond acceptors (Lipinski definition) is 2. The second kappa shape index (κ2) is 4.99. The molecule has 0 aliphatic rings. The number of benzene rings is 1. The van der Waals surface area contributed by atoms with Gasteiger partial charge in [-0.2, -0.15) is 13.2 Å². The van der Waals surface area contributed by atoms with Gasteiger partial charge in [-0.05, 0) is 6.92 Å².